The number of hydrogen-bond acceptors (Lipinski definition) is 2. The van der Waals surface area contributed by atoms with Crippen LogP contribution in [0.1, 0.15) is 37.3 Å². The maximum Gasteiger partial charge on any atom is 0.125 e. The molecule has 0 aliphatic carbocycles. The monoisotopic (exact) mass is 219 g/mol. The third kappa shape index (κ3) is 2.56. The topological polar surface area (TPSA) is 35.2 Å². The van der Waals surface area contributed by atoms with Crippen molar-refractivity contribution in [3.05, 3.63) is 29.3 Å². The quantitative estimate of drug-likeness (QED) is 0.845. The highest BCUT2D eigenvalue weighted by atomic mass is 16.5. The SMILES string of the molecule is CCC(N)CCc1cccc2c1OCCC2. The molecule has 1 heterocycles. The molecule has 2 rings (SSSR count). The number of rotatable bonds is 4. The second-order valence-electron chi connectivity index (χ2n) is 4.56. The van der Waals surface area contributed by atoms with Gasteiger partial charge in [0.25, 0.3) is 0 Å². The third-order valence-corrected chi connectivity index (χ3v) is 3.32. The van der Waals surface area contributed by atoms with E-state index in [1.807, 2.05) is 0 Å². The van der Waals surface area contributed by atoms with Crippen LogP contribution in [-0.4, -0.2) is 12.6 Å². The Morgan fingerprint density at radius 2 is 2.31 bits per heavy atom. The smallest absolute Gasteiger partial charge is 0.125 e. The molecule has 0 fully saturated rings. The summed E-state index contributed by atoms with van der Waals surface area (Å²) in [5.41, 5.74) is 8.66. The van der Waals surface area contributed by atoms with Crippen LogP contribution in [0, 0.1) is 0 Å². The summed E-state index contributed by atoms with van der Waals surface area (Å²) >= 11 is 0. The van der Waals surface area contributed by atoms with Crippen molar-refractivity contribution in [3.8, 4) is 5.75 Å². The lowest BCUT2D eigenvalue weighted by Gasteiger charge is -2.20. The number of benzene rings is 1. The molecule has 1 aliphatic rings. The summed E-state index contributed by atoms with van der Waals surface area (Å²) in [6.45, 7) is 3.01. The fraction of sp³-hybridized carbons (Fsp3) is 0.571. The minimum absolute atomic E-state index is 0.319. The van der Waals surface area contributed by atoms with Crippen molar-refractivity contribution >= 4 is 0 Å². The van der Waals surface area contributed by atoms with E-state index in [2.05, 4.69) is 25.1 Å². The summed E-state index contributed by atoms with van der Waals surface area (Å²) in [5.74, 6) is 1.14. The predicted octanol–water partition coefficient (Wildman–Crippen LogP) is 2.68. The molecule has 0 amide bonds. The highest BCUT2D eigenvalue weighted by molar-refractivity contribution is 5.42. The van der Waals surface area contributed by atoms with Crippen LogP contribution in [0.2, 0.25) is 0 Å². The van der Waals surface area contributed by atoms with Gasteiger partial charge in [0, 0.05) is 6.04 Å². The van der Waals surface area contributed by atoms with E-state index in [-0.39, 0.29) is 0 Å². The molecule has 2 nitrogen and oxygen atoms in total. The van der Waals surface area contributed by atoms with Gasteiger partial charge in [0.05, 0.1) is 6.61 Å². The molecule has 0 radical (unpaired) electrons. The Bertz CT molecular complexity index is 349. The standard InChI is InChI=1S/C14H21NO/c1-2-13(15)9-8-12-6-3-5-11-7-4-10-16-14(11)12/h3,5-6,13H,2,4,7-10,15H2,1H3. The number of ether oxygens (including phenoxy) is 1. The van der Waals surface area contributed by atoms with Crippen molar-refractivity contribution in [2.24, 2.45) is 5.73 Å². The van der Waals surface area contributed by atoms with E-state index in [1.165, 1.54) is 11.1 Å². The lowest BCUT2D eigenvalue weighted by Crippen LogP contribution is -2.19. The van der Waals surface area contributed by atoms with E-state index in [1.54, 1.807) is 0 Å². The summed E-state index contributed by atoms with van der Waals surface area (Å²) < 4.78 is 5.78. The van der Waals surface area contributed by atoms with Crippen molar-refractivity contribution in [2.45, 2.75) is 45.1 Å². The maximum absolute atomic E-state index is 5.96. The van der Waals surface area contributed by atoms with E-state index in [0.717, 1.165) is 44.5 Å². The summed E-state index contributed by atoms with van der Waals surface area (Å²) in [7, 11) is 0. The van der Waals surface area contributed by atoms with Gasteiger partial charge in [-0.05, 0) is 43.2 Å². The summed E-state index contributed by atoms with van der Waals surface area (Å²) in [4.78, 5) is 0. The Morgan fingerprint density at radius 3 is 3.12 bits per heavy atom. The molecule has 1 aliphatic heterocycles. The molecule has 2 heteroatoms. The van der Waals surface area contributed by atoms with Crippen LogP contribution in [0.3, 0.4) is 0 Å². The molecule has 16 heavy (non-hydrogen) atoms. The molecule has 0 bridgehead atoms. The Kier molecular flexibility index (Phi) is 3.83. The van der Waals surface area contributed by atoms with E-state index in [0.29, 0.717) is 6.04 Å². The molecule has 1 aromatic rings. The maximum atomic E-state index is 5.96. The minimum atomic E-state index is 0.319. The fourth-order valence-electron chi connectivity index (χ4n) is 2.20. The van der Waals surface area contributed by atoms with Crippen LogP contribution in [0.25, 0.3) is 0 Å². The normalized spacial score (nSPS) is 16.4. The zero-order valence-electron chi connectivity index (χ0n) is 10.0. The molecular formula is C14H21NO. The number of hydrogen-bond donors (Lipinski definition) is 1. The lowest BCUT2D eigenvalue weighted by molar-refractivity contribution is 0.284. The van der Waals surface area contributed by atoms with Crippen molar-refractivity contribution in [1.29, 1.82) is 0 Å². The molecule has 88 valence electrons. The molecular weight excluding hydrogens is 198 g/mol. The Labute approximate surface area is 97.8 Å². The molecule has 0 aromatic heterocycles. The molecule has 2 N–H and O–H groups in total. The van der Waals surface area contributed by atoms with Crippen molar-refractivity contribution < 1.29 is 4.74 Å². The van der Waals surface area contributed by atoms with Crippen LogP contribution < -0.4 is 10.5 Å². The summed E-state index contributed by atoms with van der Waals surface area (Å²) in [6.07, 6.45) is 5.44. The van der Waals surface area contributed by atoms with E-state index >= 15 is 0 Å². The average molecular weight is 219 g/mol. The van der Waals surface area contributed by atoms with Crippen molar-refractivity contribution in [2.75, 3.05) is 6.61 Å². The molecule has 1 aromatic carbocycles. The van der Waals surface area contributed by atoms with Gasteiger partial charge in [-0.3, -0.25) is 0 Å². The number of aryl methyl sites for hydroxylation is 2. The molecule has 0 saturated heterocycles. The van der Waals surface area contributed by atoms with Gasteiger partial charge in [-0.2, -0.15) is 0 Å². The minimum Gasteiger partial charge on any atom is -0.493 e. The Balaban J connectivity index is 2.08. The van der Waals surface area contributed by atoms with Gasteiger partial charge in [-0.25, -0.2) is 0 Å². The van der Waals surface area contributed by atoms with Crippen LogP contribution in [0.15, 0.2) is 18.2 Å². The van der Waals surface area contributed by atoms with Crippen LogP contribution in [0.4, 0.5) is 0 Å². The van der Waals surface area contributed by atoms with Gasteiger partial charge in [0.15, 0.2) is 0 Å². The first-order chi connectivity index (χ1) is 7.81. The Hall–Kier alpha value is -1.02. The fourth-order valence-corrected chi connectivity index (χ4v) is 2.20. The lowest BCUT2D eigenvalue weighted by atomic mass is 9.98. The van der Waals surface area contributed by atoms with Gasteiger partial charge in [-0.1, -0.05) is 25.1 Å². The first-order valence-corrected chi connectivity index (χ1v) is 6.30. The number of nitrogens with two attached hydrogens (primary N) is 1. The van der Waals surface area contributed by atoms with Gasteiger partial charge >= 0.3 is 0 Å². The molecule has 0 spiro atoms. The second-order valence-corrected chi connectivity index (χ2v) is 4.56. The molecule has 1 atom stereocenters. The first-order valence-electron chi connectivity index (χ1n) is 6.30. The third-order valence-electron chi connectivity index (χ3n) is 3.32. The predicted molar refractivity (Wildman–Crippen MR) is 66.8 cm³/mol. The van der Waals surface area contributed by atoms with Gasteiger partial charge in [-0.15, -0.1) is 0 Å². The second kappa shape index (κ2) is 5.35. The van der Waals surface area contributed by atoms with E-state index in [9.17, 15) is 0 Å². The van der Waals surface area contributed by atoms with Gasteiger partial charge in [0.1, 0.15) is 5.75 Å². The summed E-state index contributed by atoms with van der Waals surface area (Å²) in [5, 5.41) is 0. The largest absolute Gasteiger partial charge is 0.493 e. The van der Waals surface area contributed by atoms with Crippen molar-refractivity contribution in [1.82, 2.24) is 0 Å². The number of para-hydroxylation sites is 1. The Morgan fingerprint density at radius 1 is 1.44 bits per heavy atom. The summed E-state index contributed by atoms with van der Waals surface area (Å²) in [6, 6.07) is 6.81. The zero-order chi connectivity index (χ0) is 11.4. The van der Waals surface area contributed by atoms with Crippen LogP contribution in [-0.2, 0) is 12.8 Å². The van der Waals surface area contributed by atoms with E-state index in [4.69, 9.17) is 10.5 Å². The van der Waals surface area contributed by atoms with Gasteiger partial charge < -0.3 is 10.5 Å². The zero-order valence-corrected chi connectivity index (χ0v) is 10.0. The average Bonchev–Trinajstić information content (AvgIpc) is 2.35. The van der Waals surface area contributed by atoms with Crippen molar-refractivity contribution in [3.63, 3.8) is 0 Å². The highest BCUT2D eigenvalue weighted by Crippen LogP contribution is 2.29. The highest BCUT2D eigenvalue weighted by Gasteiger charge is 2.14. The van der Waals surface area contributed by atoms with Gasteiger partial charge in [0.2, 0.25) is 0 Å². The van der Waals surface area contributed by atoms with Crippen LogP contribution >= 0.6 is 0 Å². The molecule has 0 saturated carbocycles. The first kappa shape index (κ1) is 11.5. The van der Waals surface area contributed by atoms with E-state index < -0.39 is 0 Å². The number of fused-ring (bicyclic) bond motifs is 1. The van der Waals surface area contributed by atoms with Crippen LogP contribution in [0.5, 0.6) is 5.75 Å². The molecule has 1 unspecified atom stereocenters.